The molecule has 0 bridgehead atoms. The number of imide groups is 1. The Balaban J connectivity index is 2.78. The Hall–Kier alpha value is -2.71. The molecule has 0 radical (unpaired) electrons. The van der Waals surface area contributed by atoms with Crippen LogP contribution in [0.1, 0.15) is 19.4 Å². The van der Waals surface area contributed by atoms with E-state index in [0.717, 1.165) is 14.8 Å². The van der Waals surface area contributed by atoms with Crippen molar-refractivity contribution in [1.29, 1.82) is 0 Å². The number of hydrogen-bond acceptors (Lipinski definition) is 4. The second kappa shape index (κ2) is 8.53. The third-order valence-electron chi connectivity index (χ3n) is 3.88. The number of hydrogen-bond donors (Lipinski definition) is 0. The number of carbonyl (C=O) groups is 3. The van der Waals surface area contributed by atoms with Crippen LogP contribution in [-0.4, -0.2) is 34.0 Å². The quantitative estimate of drug-likeness (QED) is 0.748. The summed E-state index contributed by atoms with van der Waals surface area (Å²) in [5, 5.41) is 0.429. The number of halogens is 1. The van der Waals surface area contributed by atoms with E-state index < -0.39 is 27.8 Å². The van der Waals surface area contributed by atoms with Crippen molar-refractivity contribution < 1.29 is 18.6 Å². The Bertz CT molecular complexity index is 1030. The summed E-state index contributed by atoms with van der Waals surface area (Å²) >= 11 is 5.91. The zero-order valence-corrected chi connectivity index (χ0v) is 17.5. The first kappa shape index (κ1) is 21.6. The summed E-state index contributed by atoms with van der Waals surface area (Å²) in [6.45, 7) is 4.25. The predicted molar refractivity (Wildman–Crippen MR) is 108 cm³/mol. The SMILES string of the molecule is CC(=O)N(C)C(=O)N=S(=O)(c1ccc(C)cc1)N(C(C)=O)c1ccc(Cl)cc1. The number of benzene rings is 2. The van der Waals surface area contributed by atoms with Crippen molar-refractivity contribution in [1.82, 2.24) is 4.90 Å². The van der Waals surface area contributed by atoms with E-state index in [2.05, 4.69) is 4.36 Å². The van der Waals surface area contributed by atoms with Gasteiger partial charge in [-0.2, -0.15) is 0 Å². The van der Waals surface area contributed by atoms with Crippen molar-refractivity contribution in [3.05, 3.63) is 59.1 Å². The second-order valence-corrected chi connectivity index (χ2v) is 8.50. The third-order valence-corrected chi connectivity index (χ3v) is 6.39. The predicted octanol–water partition coefficient (Wildman–Crippen LogP) is 4.04. The molecule has 0 spiro atoms. The number of carbonyl (C=O) groups excluding carboxylic acids is 3. The zero-order chi connectivity index (χ0) is 21.1. The molecule has 2 aromatic carbocycles. The highest BCUT2D eigenvalue weighted by Crippen LogP contribution is 2.28. The summed E-state index contributed by atoms with van der Waals surface area (Å²) in [5.74, 6) is -1.16. The van der Waals surface area contributed by atoms with Gasteiger partial charge in [0.2, 0.25) is 11.8 Å². The topological polar surface area (TPSA) is 87.1 Å². The minimum Gasteiger partial charge on any atom is -0.275 e. The number of rotatable bonds is 3. The fourth-order valence-corrected chi connectivity index (χ4v) is 4.40. The van der Waals surface area contributed by atoms with Gasteiger partial charge in [-0.25, -0.2) is 13.3 Å². The Morgan fingerprint density at radius 2 is 1.46 bits per heavy atom. The average molecular weight is 422 g/mol. The van der Waals surface area contributed by atoms with Gasteiger partial charge >= 0.3 is 6.03 Å². The number of amides is 4. The van der Waals surface area contributed by atoms with Crippen molar-refractivity contribution in [3.63, 3.8) is 0 Å². The lowest BCUT2D eigenvalue weighted by atomic mass is 10.2. The van der Waals surface area contributed by atoms with Crippen molar-refractivity contribution in [2.45, 2.75) is 25.7 Å². The first-order valence-electron chi connectivity index (χ1n) is 8.25. The normalized spacial score (nSPS) is 12.6. The van der Waals surface area contributed by atoms with Gasteiger partial charge in [0.1, 0.15) is 0 Å². The van der Waals surface area contributed by atoms with Gasteiger partial charge in [-0.05, 0) is 43.3 Å². The van der Waals surface area contributed by atoms with Gasteiger partial charge in [-0.3, -0.25) is 14.5 Å². The smallest absolute Gasteiger partial charge is 0.275 e. The van der Waals surface area contributed by atoms with Gasteiger partial charge in [0.15, 0.2) is 9.92 Å². The van der Waals surface area contributed by atoms with Gasteiger partial charge in [0, 0.05) is 25.9 Å². The van der Waals surface area contributed by atoms with Crippen LogP contribution in [-0.2, 0) is 19.5 Å². The van der Waals surface area contributed by atoms with E-state index in [1.807, 2.05) is 6.92 Å². The van der Waals surface area contributed by atoms with Gasteiger partial charge in [0.25, 0.3) is 0 Å². The molecular formula is C19H20ClN3O4S. The maximum atomic E-state index is 14.0. The molecule has 0 saturated heterocycles. The Labute approximate surface area is 169 Å². The maximum Gasteiger partial charge on any atom is 0.359 e. The molecule has 0 aliphatic rings. The van der Waals surface area contributed by atoms with Gasteiger partial charge in [0.05, 0.1) is 10.6 Å². The van der Waals surface area contributed by atoms with Crippen LogP contribution in [0, 0.1) is 6.92 Å². The monoisotopic (exact) mass is 421 g/mol. The number of aryl methyl sites for hydroxylation is 1. The van der Waals surface area contributed by atoms with Crippen LogP contribution in [0.25, 0.3) is 0 Å². The molecule has 0 N–H and O–H groups in total. The largest absolute Gasteiger partial charge is 0.359 e. The van der Waals surface area contributed by atoms with Crippen LogP contribution >= 0.6 is 11.6 Å². The van der Waals surface area contributed by atoms with Crippen LogP contribution in [0.2, 0.25) is 5.02 Å². The summed E-state index contributed by atoms with van der Waals surface area (Å²) in [4.78, 5) is 37.3. The molecule has 0 fully saturated rings. The molecule has 0 aliphatic carbocycles. The van der Waals surface area contributed by atoms with E-state index >= 15 is 0 Å². The van der Waals surface area contributed by atoms with Crippen LogP contribution in [0.4, 0.5) is 10.5 Å². The fourth-order valence-electron chi connectivity index (χ4n) is 2.29. The Morgan fingerprint density at radius 3 is 1.93 bits per heavy atom. The van der Waals surface area contributed by atoms with E-state index in [4.69, 9.17) is 11.6 Å². The Morgan fingerprint density at radius 1 is 0.929 bits per heavy atom. The lowest BCUT2D eigenvalue weighted by molar-refractivity contribution is -0.124. The number of nitrogens with zero attached hydrogens (tertiary/aromatic N) is 3. The molecule has 0 aliphatic heterocycles. The molecule has 0 heterocycles. The molecule has 2 aromatic rings. The molecule has 0 saturated carbocycles. The third kappa shape index (κ3) is 4.58. The molecule has 9 heteroatoms. The molecule has 148 valence electrons. The average Bonchev–Trinajstić information content (AvgIpc) is 2.62. The van der Waals surface area contributed by atoms with Crippen molar-refractivity contribution in [3.8, 4) is 0 Å². The first-order valence-corrected chi connectivity index (χ1v) is 10.1. The number of anilines is 1. The lowest BCUT2D eigenvalue weighted by Crippen LogP contribution is -2.37. The summed E-state index contributed by atoms with van der Waals surface area (Å²) in [6, 6.07) is 11.5. The van der Waals surface area contributed by atoms with E-state index in [9.17, 15) is 18.6 Å². The molecule has 7 nitrogen and oxygen atoms in total. The van der Waals surface area contributed by atoms with Crippen molar-refractivity contribution in [2.24, 2.45) is 4.36 Å². The second-order valence-electron chi connectivity index (χ2n) is 6.05. The molecular weight excluding hydrogens is 402 g/mol. The van der Waals surface area contributed by atoms with Gasteiger partial charge in [-0.15, -0.1) is 4.36 Å². The maximum absolute atomic E-state index is 14.0. The summed E-state index contributed by atoms with van der Waals surface area (Å²) in [7, 11) is -2.52. The summed E-state index contributed by atoms with van der Waals surface area (Å²) in [5.41, 5.74) is 1.16. The molecule has 1 atom stereocenters. The molecule has 4 amide bonds. The lowest BCUT2D eigenvalue weighted by Gasteiger charge is -2.25. The van der Waals surface area contributed by atoms with Crippen molar-refractivity contribution >= 4 is 45.0 Å². The van der Waals surface area contributed by atoms with E-state index in [-0.39, 0.29) is 10.6 Å². The minimum atomic E-state index is -3.75. The standard InChI is InChI=1S/C19H20ClN3O4S/c1-13-5-11-18(12-6-13)28(27,21-19(26)22(4)14(2)24)23(15(3)25)17-9-7-16(20)8-10-17/h5-12H,1-4H3. The first-order chi connectivity index (χ1) is 13.1. The Kier molecular flexibility index (Phi) is 6.58. The van der Waals surface area contributed by atoms with Crippen LogP contribution in [0.3, 0.4) is 0 Å². The van der Waals surface area contributed by atoms with Gasteiger partial charge in [-0.1, -0.05) is 29.3 Å². The summed E-state index contributed by atoms with van der Waals surface area (Å²) < 4.78 is 18.8. The molecule has 0 aromatic heterocycles. The molecule has 28 heavy (non-hydrogen) atoms. The van der Waals surface area contributed by atoms with E-state index in [0.29, 0.717) is 5.02 Å². The number of urea groups is 1. The highest BCUT2D eigenvalue weighted by atomic mass is 35.5. The van der Waals surface area contributed by atoms with Crippen LogP contribution in [0.5, 0.6) is 0 Å². The van der Waals surface area contributed by atoms with E-state index in [1.165, 1.54) is 57.3 Å². The fraction of sp³-hybridized carbons (Fsp3) is 0.211. The van der Waals surface area contributed by atoms with Crippen LogP contribution in [0.15, 0.2) is 57.8 Å². The van der Waals surface area contributed by atoms with Crippen molar-refractivity contribution in [2.75, 3.05) is 11.4 Å². The molecule has 1 unspecified atom stereocenters. The van der Waals surface area contributed by atoms with Gasteiger partial charge < -0.3 is 0 Å². The summed E-state index contributed by atoms with van der Waals surface area (Å²) in [6.07, 6.45) is 0. The highest BCUT2D eigenvalue weighted by molar-refractivity contribution is 7.96. The minimum absolute atomic E-state index is 0.161. The molecule has 2 rings (SSSR count). The van der Waals surface area contributed by atoms with E-state index in [1.54, 1.807) is 12.1 Å². The van der Waals surface area contributed by atoms with Crippen LogP contribution < -0.4 is 4.31 Å². The highest BCUT2D eigenvalue weighted by Gasteiger charge is 2.29. The zero-order valence-electron chi connectivity index (χ0n) is 15.9.